The minimum absolute atomic E-state index is 0.0338. The average Bonchev–Trinajstić information content (AvgIpc) is 3.42. The number of para-hydroxylation sites is 1. The molecule has 8 nitrogen and oxygen atoms in total. The van der Waals surface area contributed by atoms with Gasteiger partial charge in [0.25, 0.3) is 11.8 Å². The molecule has 1 aliphatic rings. The molecule has 0 aliphatic carbocycles. The molecule has 3 heterocycles. The molecule has 1 fully saturated rings. The molecule has 0 spiro atoms. The molecular weight excluding hydrogens is 368 g/mol. The number of hydrogen-bond donors (Lipinski definition) is 1. The highest BCUT2D eigenvalue weighted by atomic mass is 16.2. The normalized spacial score (nSPS) is 16.6. The van der Waals surface area contributed by atoms with Crippen molar-refractivity contribution < 1.29 is 9.59 Å². The summed E-state index contributed by atoms with van der Waals surface area (Å²) in [6.07, 6.45) is 4.97. The van der Waals surface area contributed by atoms with E-state index in [1.807, 2.05) is 35.2 Å². The van der Waals surface area contributed by atoms with Gasteiger partial charge in [-0.1, -0.05) is 18.2 Å². The van der Waals surface area contributed by atoms with Crippen LogP contribution in [0, 0.1) is 0 Å². The number of anilines is 1. The zero-order valence-corrected chi connectivity index (χ0v) is 16.6. The number of likely N-dealkylation sites (tertiary alicyclic amines) is 1. The predicted molar refractivity (Wildman–Crippen MR) is 109 cm³/mol. The zero-order chi connectivity index (χ0) is 20.4. The van der Waals surface area contributed by atoms with Crippen LogP contribution in [0.3, 0.4) is 0 Å². The number of nitrogens with zero attached hydrogens (tertiary/aromatic N) is 5. The molecule has 2 aromatic heterocycles. The second-order valence-corrected chi connectivity index (χ2v) is 7.33. The van der Waals surface area contributed by atoms with Crippen LogP contribution in [0.15, 0.2) is 48.8 Å². The number of piperidine rings is 1. The maximum absolute atomic E-state index is 13.1. The van der Waals surface area contributed by atoms with Crippen LogP contribution in [0.1, 0.15) is 45.3 Å². The number of aromatic nitrogens is 4. The molecule has 0 saturated carbocycles. The van der Waals surface area contributed by atoms with Gasteiger partial charge in [0.2, 0.25) is 0 Å². The molecule has 1 aromatic carbocycles. The first-order chi connectivity index (χ1) is 14.1. The van der Waals surface area contributed by atoms with Crippen molar-refractivity contribution in [2.75, 3.05) is 25.0 Å². The van der Waals surface area contributed by atoms with Crippen molar-refractivity contribution in [1.82, 2.24) is 24.9 Å². The van der Waals surface area contributed by atoms with E-state index in [0.29, 0.717) is 24.3 Å². The van der Waals surface area contributed by atoms with E-state index in [4.69, 9.17) is 0 Å². The Morgan fingerprint density at radius 3 is 2.72 bits per heavy atom. The number of rotatable bonds is 4. The lowest BCUT2D eigenvalue weighted by molar-refractivity contribution is 0.0694. The van der Waals surface area contributed by atoms with Gasteiger partial charge < -0.3 is 9.80 Å². The van der Waals surface area contributed by atoms with Gasteiger partial charge in [-0.3, -0.25) is 19.4 Å². The number of nitrogens with one attached hydrogen (secondary N) is 1. The number of H-pyrrole nitrogens is 1. The Morgan fingerprint density at radius 2 is 2.00 bits per heavy atom. The van der Waals surface area contributed by atoms with Crippen LogP contribution >= 0.6 is 0 Å². The van der Waals surface area contributed by atoms with Crippen LogP contribution in [0.4, 0.5) is 5.69 Å². The Morgan fingerprint density at radius 1 is 1.21 bits per heavy atom. The van der Waals surface area contributed by atoms with E-state index in [0.717, 1.165) is 24.2 Å². The molecule has 1 saturated heterocycles. The van der Waals surface area contributed by atoms with Crippen LogP contribution in [0.25, 0.3) is 0 Å². The van der Waals surface area contributed by atoms with Gasteiger partial charge in [0.1, 0.15) is 5.69 Å². The van der Waals surface area contributed by atoms with Crippen molar-refractivity contribution in [2.24, 2.45) is 7.05 Å². The smallest absolute Gasteiger partial charge is 0.272 e. The van der Waals surface area contributed by atoms with E-state index in [1.165, 1.54) is 0 Å². The highest BCUT2D eigenvalue weighted by Crippen LogP contribution is 2.29. The first-order valence-electron chi connectivity index (χ1n) is 9.70. The third-order valence-electron chi connectivity index (χ3n) is 5.50. The standard InChI is InChI=1S/C21H24N6O2/c1-25(16-8-4-3-5-9-16)20(28)17-13-22-24-19(17)15-7-6-12-27(14-15)21(29)18-10-11-23-26(18)2/h3-5,8-11,13,15H,6-7,12,14H2,1-2H3,(H,22,24). The third-order valence-corrected chi connectivity index (χ3v) is 5.50. The van der Waals surface area contributed by atoms with E-state index in [-0.39, 0.29) is 17.7 Å². The number of amides is 2. The second kappa shape index (κ2) is 7.90. The summed E-state index contributed by atoms with van der Waals surface area (Å²) in [7, 11) is 3.52. The maximum Gasteiger partial charge on any atom is 0.272 e. The second-order valence-electron chi connectivity index (χ2n) is 7.33. The van der Waals surface area contributed by atoms with Gasteiger partial charge in [0.15, 0.2) is 0 Å². The van der Waals surface area contributed by atoms with Crippen molar-refractivity contribution >= 4 is 17.5 Å². The third kappa shape index (κ3) is 3.65. The van der Waals surface area contributed by atoms with Crippen molar-refractivity contribution in [1.29, 1.82) is 0 Å². The van der Waals surface area contributed by atoms with Crippen molar-refractivity contribution in [3.8, 4) is 0 Å². The topological polar surface area (TPSA) is 87.1 Å². The van der Waals surface area contributed by atoms with Gasteiger partial charge in [-0.15, -0.1) is 0 Å². The molecule has 0 radical (unpaired) electrons. The summed E-state index contributed by atoms with van der Waals surface area (Å²) in [6, 6.07) is 11.2. The van der Waals surface area contributed by atoms with E-state index in [1.54, 1.807) is 42.1 Å². The van der Waals surface area contributed by atoms with Crippen molar-refractivity contribution in [3.05, 3.63) is 65.7 Å². The Labute approximate surface area is 169 Å². The maximum atomic E-state index is 13.1. The summed E-state index contributed by atoms with van der Waals surface area (Å²) >= 11 is 0. The zero-order valence-electron chi connectivity index (χ0n) is 16.6. The van der Waals surface area contributed by atoms with Gasteiger partial charge in [-0.25, -0.2) is 0 Å². The average molecular weight is 392 g/mol. The Kier molecular flexibility index (Phi) is 5.16. The minimum atomic E-state index is -0.116. The summed E-state index contributed by atoms with van der Waals surface area (Å²) in [4.78, 5) is 29.4. The fraction of sp³-hybridized carbons (Fsp3) is 0.333. The molecule has 8 heteroatoms. The molecule has 4 rings (SSSR count). The largest absolute Gasteiger partial charge is 0.337 e. The summed E-state index contributed by atoms with van der Waals surface area (Å²) in [5.74, 6) is -0.120. The number of aromatic amines is 1. The number of carbonyl (C=O) groups excluding carboxylic acids is 2. The van der Waals surface area contributed by atoms with Crippen LogP contribution in [-0.4, -0.2) is 56.8 Å². The highest BCUT2D eigenvalue weighted by Gasteiger charge is 2.31. The fourth-order valence-corrected chi connectivity index (χ4v) is 3.87. The van der Waals surface area contributed by atoms with E-state index >= 15 is 0 Å². The molecule has 2 amide bonds. The Bertz CT molecular complexity index is 1010. The van der Waals surface area contributed by atoms with Gasteiger partial charge in [0.05, 0.1) is 17.5 Å². The first-order valence-corrected chi connectivity index (χ1v) is 9.70. The van der Waals surface area contributed by atoms with Gasteiger partial charge in [-0.2, -0.15) is 10.2 Å². The van der Waals surface area contributed by atoms with Crippen LogP contribution < -0.4 is 4.90 Å². The minimum Gasteiger partial charge on any atom is -0.337 e. The monoisotopic (exact) mass is 392 g/mol. The highest BCUT2D eigenvalue weighted by molar-refractivity contribution is 6.06. The molecule has 29 heavy (non-hydrogen) atoms. The van der Waals surface area contributed by atoms with Crippen molar-refractivity contribution in [3.63, 3.8) is 0 Å². The van der Waals surface area contributed by atoms with Gasteiger partial charge in [-0.05, 0) is 31.0 Å². The Hall–Kier alpha value is -3.42. The van der Waals surface area contributed by atoms with Crippen molar-refractivity contribution in [2.45, 2.75) is 18.8 Å². The van der Waals surface area contributed by atoms with Crippen LogP contribution in [-0.2, 0) is 7.05 Å². The lowest BCUT2D eigenvalue weighted by Gasteiger charge is -2.32. The summed E-state index contributed by atoms with van der Waals surface area (Å²) < 4.78 is 1.59. The first kappa shape index (κ1) is 18.9. The lowest BCUT2D eigenvalue weighted by atomic mass is 9.92. The number of carbonyl (C=O) groups is 2. The molecule has 1 unspecified atom stereocenters. The predicted octanol–water partition coefficient (Wildman–Crippen LogP) is 2.44. The van der Waals surface area contributed by atoms with E-state index < -0.39 is 0 Å². The molecule has 3 aromatic rings. The summed E-state index contributed by atoms with van der Waals surface area (Å²) in [5, 5.41) is 11.2. The molecule has 1 N–H and O–H groups in total. The fourth-order valence-electron chi connectivity index (χ4n) is 3.87. The molecule has 150 valence electrons. The van der Waals surface area contributed by atoms with E-state index in [9.17, 15) is 9.59 Å². The number of hydrogen-bond acceptors (Lipinski definition) is 4. The molecule has 1 aliphatic heterocycles. The van der Waals surface area contributed by atoms with E-state index in [2.05, 4.69) is 15.3 Å². The molecular formula is C21H24N6O2. The summed E-state index contributed by atoms with van der Waals surface area (Å²) in [6.45, 7) is 1.24. The SMILES string of the molecule is CN(C(=O)c1cn[nH]c1C1CCCN(C(=O)c2ccnn2C)C1)c1ccccc1. The number of benzene rings is 1. The van der Waals surface area contributed by atoms with Gasteiger partial charge >= 0.3 is 0 Å². The number of aryl methyl sites for hydroxylation is 1. The Balaban J connectivity index is 1.54. The van der Waals surface area contributed by atoms with Crippen LogP contribution in [0.5, 0.6) is 0 Å². The summed E-state index contributed by atoms with van der Waals surface area (Å²) in [5.41, 5.74) is 2.73. The van der Waals surface area contributed by atoms with Crippen LogP contribution in [0.2, 0.25) is 0 Å². The quantitative estimate of drug-likeness (QED) is 0.739. The molecule has 1 atom stereocenters. The lowest BCUT2D eigenvalue weighted by Crippen LogP contribution is -2.40. The van der Waals surface area contributed by atoms with Gasteiger partial charge in [0, 0.05) is 45.0 Å². The molecule has 0 bridgehead atoms.